The summed E-state index contributed by atoms with van der Waals surface area (Å²) >= 11 is 1.24. The van der Waals surface area contributed by atoms with Crippen LogP contribution in [-0.2, 0) is 4.79 Å². The molecule has 25 heavy (non-hydrogen) atoms. The van der Waals surface area contributed by atoms with Gasteiger partial charge in [-0.05, 0) is 13.0 Å². The lowest BCUT2D eigenvalue weighted by molar-refractivity contribution is -0.116. The van der Waals surface area contributed by atoms with Crippen molar-refractivity contribution in [2.45, 2.75) is 24.4 Å². The molecular formula is C18H17N3O3S. The van der Waals surface area contributed by atoms with Crippen LogP contribution < -0.4 is 15.6 Å². The minimum atomic E-state index is -0.408. The first-order valence-electron chi connectivity index (χ1n) is 7.86. The molecule has 0 aliphatic carbocycles. The molecule has 2 heterocycles. The monoisotopic (exact) mass is 355 g/mol. The number of rotatable bonds is 5. The van der Waals surface area contributed by atoms with Gasteiger partial charge in [0.2, 0.25) is 5.91 Å². The van der Waals surface area contributed by atoms with E-state index in [1.165, 1.54) is 11.8 Å². The van der Waals surface area contributed by atoms with Gasteiger partial charge in [0.25, 0.3) is 5.56 Å². The number of carbonyl (C=O) groups is 1. The predicted octanol–water partition coefficient (Wildman–Crippen LogP) is 2.37. The van der Waals surface area contributed by atoms with Crippen molar-refractivity contribution in [2.24, 2.45) is 0 Å². The molecule has 2 aromatic rings. The Kier molecular flexibility index (Phi) is 5.10. The molecule has 1 unspecified atom stereocenters. The number of nitrogens with zero attached hydrogens (tertiary/aromatic N) is 1. The molecule has 1 aliphatic heterocycles. The molecule has 0 radical (unpaired) electrons. The SMILES string of the molecule is C#CCSc1nc2c(c(=O)[nH]1)C(c1ccccc1OCC)CC(=O)N2. The molecule has 0 spiro atoms. The highest BCUT2D eigenvalue weighted by molar-refractivity contribution is 7.99. The normalized spacial score (nSPS) is 15.8. The van der Waals surface area contributed by atoms with Crippen molar-refractivity contribution in [1.82, 2.24) is 9.97 Å². The number of aromatic amines is 1. The average Bonchev–Trinajstić information content (AvgIpc) is 2.59. The Morgan fingerprint density at radius 3 is 2.96 bits per heavy atom. The summed E-state index contributed by atoms with van der Waals surface area (Å²) < 4.78 is 5.67. The van der Waals surface area contributed by atoms with Crippen LogP contribution in [0.4, 0.5) is 5.82 Å². The Balaban J connectivity index is 2.10. The van der Waals surface area contributed by atoms with Crippen LogP contribution in [0.1, 0.15) is 30.4 Å². The minimum absolute atomic E-state index is 0.165. The van der Waals surface area contributed by atoms with Gasteiger partial charge in [-0.25, -0.2) is 4.98 Å². The van der Waals surface area contributed by atoms with Gasteiger partial charge < -0.3 is 15.0 Å². The summed E-state index contributed by atoms with van der Waals surface area (Å²) in [5.41, 5.74) is 0.967. The van der Waals surface area contributed by atoms with Crippen molar-refractivity contribution < 1.29 is 9.53 Å². The summed E-state index contributed by atoms with van der Waals surface area (Å²) in [5, 5.41) is 3.08. The second-order valence-corrected chi connectivity index (χ2v) is 6.37. The van der Waals surface area contributed by atoms with E-state index in [4.69, 9.17) is 11.2 Å². The smallest absolute Gasteiger partial charge is 0.257 e. The van der Waals surface area contributed by atoms with Crippen molar-refractivity contribution in [3.63, 3.8) is 0 Å². The first kappa shape index (κ1) is 17.1. The molecule has 1 aromatic heterocycles. The number of benzene rings is 1. The Bertz CT molecular complexity index is 901. The van der Waals surface area contributed by atoms with Crippen LogP contribution in [0, 0.1) is 12.3 Å². The zero-order valence-electron chi connectivity index (χ0n) is 13.7. The van der Waals surface area contributed by atoms with Gasteiger partial charge in [0.15, 0.2) is 5.16 Å². The van der Waals surface area contributed by atoms with Gasteiger partial charge in [0, 0.05) is 17.9 Å². The lowest BCUT2D eigenvalue weighted by Crippen LogP contribution is -2.31. The summed E-state index contributed by atoms with van der Waals surface area (Å²) in [6, 6.07) is 7.44. The third-order valence-electron chi connectivity index (χ3n) is 3.82. The molecule has 0 saturated heterocycles. The van der Waals surface area contributed by atoms with Crippen molar-refractivity contribution in [2.75, 3.05) is 17.7 Å². The number of aromatic nitrogens is 2. The molecule has 0 bridgehead atoms. The van der Waals surface area contributed by atoms with E-state index in [2.05, 4.69) is 21.2 Å². The molecule has 3 rings (SSSR count). The van der Waals surface area contributed by atoms with E-state index in [-0.39, 0.29) is 23.7 Å². The van der Waals surface area contributed by atoms with E-state index >= 15 is 0 Å². The highest BCUT2D eigenvalue weighted by Gasteiger charge is 2.32. The number of hydrogen-bond acceptors (Lipinski definition) is 5. The second-order valence-electron chi connectivity index (χ2n) is 5.40. The van der Waals surface area contributed by atoms with E-state index < -0.39 is 5.92 Å². The van der Waals surface area contributed by atoms with Gasteiger partial charge in [0.1, 0.15) is 11.6 Å². The maximum atomic E-state index is 12.7. The molecule has 1 aromatic carbocycles. The zero-order valence-corrected chi connectivity index (χ0v) is 14.5. The van der Waals surface area contributed by atoms with Gasteiger partial charge in [-0.15, -0.1) is 6.42 Å². The standard InChI is InChI=1S/C18H17N3O3S/c1-3-9-25-18-20-16-15(17(23)21-18)12(10-14(22)19-16)11-7-5-6-8-13(11)24-4-2/h1,5-8,12H,4,9-10H2,2H3,(H2,19,20,21,22,23). The second kappa shape index (κ2) is 7.45. The van der Waals surface area contributed by atoms with Crippen molar-refractivity contribution >= 4 is 23.5 Å². The Morgan fingerprint density at radius 2 is 2.20 bits per heavy atom. The zero-order chi connectivity index (χ0) is 17.8. The molecule has 1 amide bonds. The number of amides is 1. The number of terminal acetylenes is 1. The maximum absolute atomic E-state index is 12.7. The summed E-state index contributed by atoms with van der Waals surface area (Å²) in [5.74, 6) is 3.22. The van der Waals surface area contributed by atoms with Gasteiger partial charge in [0.05, 0.1) is 17.9 Å². The van der Waals surface area contributed by atoms with E-state index in [1.54, 1.807) is 0 Å². The Labute approximate surface area is 149 Å². The number of anilines is 1. The molecule has 0 saturated carbocycles. The van der Waals surface area contributed by atoms with Gasteiger partial charge in [-0.3, -0.25) is 9.59 Å². The van der Waals surface area contributed by atoms with E-state index in [0.29, 0.717) is 28.8 Å². The highest BCUT2D eigenvalue weighted by atomic mass is 32.2. The molecule has 7 heteroatoms. The van der Waals surface area contributed by atoms with Crippen molar-refractivity contribution in [3.8, 4) is 18.1 Å². The number of ether oxygens (including phenoxy) is 1. The van der Waals surface area contributed by atoms with Crippen LogP contribution in [0.2, 0.25) is 0 Å². The Morgan fingerprint density at radius 1 is 1.40 bits per heavy atom. The number of carbonyl (C=O) groups excluding carboxylic acids is 1. The highest BCUT2D eigenvalue weighted by Crippen LogP contribution is 2.38. The quantitative estimate of drug-likeness (QED) is 0.489. The fourth-order valence-corrected chi connectivity index (χ4v) is 3.39. The number of fused-ring (bicyclic) bond motifs is 1. The van der Waals surface area contributed by atoms with Crippen molar-refractivity contribution in [1.29, 1.82) is 0 Å². The van der Waals surface area contributed by atoms with Crippen LogP contribution in [0.15, 0.2) is 34.2 Å². The number of para-hydroxylation sites is 1. The van der Waals surface area contributed by atoms with Crippen LogP contribution >= 0.6 is 11.8 Å². The van der Waals surface area contributed by atoms with Gasteiger partial charge in [-0.1, -0.05) is 35.9 Å². The van der Waals surface area contributed by atoms with Crippen molar-refractivity contribution in [3.05, 3.63) is 45.7 Å². The summed E-state index contributed by atoms with van der Waals surface area (Å²) in [6.07, 6.45) is 5.41. The van der Waals surface area contributed by atoms with E-state index in [1.807, 2.05) is 31.2 Å². The predicted molar refractivity (Wildman–Crippen MR) is 97.1 cm³/mol. The van der Waals surface area contributed by atoms with Gasteiger partial charge >= 0.3 is 0 Å². The summed E-state index contributed by atoms with van der Waals surface area (Å²) in [4.78, 5) is 31.9. The molecule has 2 N–H and O–H groups in total. The first-order chi connectivity index (χ1) is 12.1. The number of hydrogen-bond donors (Lipinski definition) is 2. The maximum Gasteiger partial charge on any atom is 0.257 e. The topological polar surface area (TPSA) is 84.1 Å². The molecule has 0 fully saturated rings. The third-order valence-corrected chi connectivity index (χ3v) is 4.59. The third kappa shape index (κ3) is 3.54. The number of H-pyrrole nitrogens is 1. The largest absolute Gasteiger partial charge is 0.494 e. The molecule has 1 aliphatic rings. The van der Waals surface area contributed by atoms with Crippen LogP contribution in [0.5, 0.6) is 5.75 Å². The van der Waals surface area contributed by atoms with Crippen LogP contribution in [0.3, 0.4) is 0 Å². The summed E-state index contributed by atoms with van der Waals surface area (Å²) in [7, 11) is 0. The fraction of sp³-hybridized carbons (Fsp3) is 0.278. The van der Waals surface area contributed by atoms with Crippen LogP contribution in [-0.4, -0.2) is 28.2 Å². The average molecular weight is 355 g/mol. The molecule has 6 nitrogen and oxygen atoms in total. The first-order valence-corrected chi connectivity index (χ1v) is 8.84. The summed E-state index contributed by atoms with van der Waals surface area (Å²) in [6.45, 7) is 2.39. The fourth-order valence-electron chi connectivity index (χ4n) is 2.85. The lowest BCUT2D eigenvalue weighted by Gasteiger charge is -2.25. The number of nitrogens with one attached hydrogen (secondary N) is 2. The van der Waals surface area contributed by atoms with Crippen LogP contribution in [0.25, 0.3) is 0 Å². The van der Waals surface area contributed by atoms with E-state index in [9.17, 15) is 9.59 Å². The molecular weight excluding hydrogens is 338 g/mol. The lowest BCUT2D eigenvalue weighted by atomic mass is 9.86. The molecule has 1 atom stereocenters. The Hall–Kier alpha value is -2.72. The molecule has 128 valence electrons. The van der Waals surface area contributed by atoms with E-state index in [0.717, 1.165) is 5.56 Å². The number of thioether (sulfide) groups is 1. The minimum Gasteiger partial charge on any atom is -0.494 e. The van der Waals surface area contributed by atoms with Gasteiger partial charge in [-0.2, -0.15) is 0 Å².